The van der Waals surface area contributed by atoms with Gasteiger partial charge in [-0.3, -0.25) is 0 Å². The largest absolute Gasteiger partial charge is 0.486 e. The minimum Gasteiger partial charge on any atom is -0.486 e. The summed E-state index contributed by atoms with van der Waals surface area (Å²) < 4.78 is 16.4. The van der Waals surface area contributed by atoms with Crippen LogP contribution < -0.4 is 9.47 Å². The Balaban J connectivity index is 0.000000158. The lowest BCUT2D eigenvalue weighted by Gasteiger charge is -2.25. The van der Waals surface area contributed by atoms with E-state index in [1.54, 1.807) is 0 Å². The van der Waals surface area contributed by atoms with Crippen LogP contribution in [0.15, 0.2) is 115 Å². The zero-order chi connectivity index (χ0) is 30.5. The molecule has 228 valence electrons. The van der Waals surface area contributed by atoms with Crippen molar-refractivity contribution in [3.63, 3.8) is 0 Å². The summed E-state index contributed by atoms with van der Waals surface area (Å²) in [6.45, 7) is 10.7. The molecule has 0 saturated heterocycles. The van der Waals surface area contributed by atoms with Gasteiger partial charge in [0.1, 0.15) is 12.7 Å². The molecular formula is C39H49NO3. The average molecular weight is 580 g/mol. The number of benzene rings is 4. The number of nitrogens with one attached hydrogen (secondary N) is 1. The molecule has 5 aromatic rings. The van der Waals surface area contributed by atoms with Crippen LogP contribution >= 0.6 is 0 Å². The predicted octanol–water partition coefficient (Wildman–Crippen LogP) is 10.2. The highest BCUT2D eigenvalue weighted by molar-refractivity contribution is 5.82. The molecule has 0 bridgehead atoms. The molecule has 0 spiro atoms. The topological polar surface area (TPSA) is 43.5 Å². The minimum absolute atomic E-state index is 0.222. The average Bonchev–Trinajstić information content (AvgIpc) is 3.51. The van der Waals surface area contributed by atoms with Crippen molar-refractivity contribution in [2.75, 3.05) is 13.2 Å². The minimum atomic E-state index is 0.222. The third kappa shape index (κ3) is 12.0. The van der Waals surface area contributed by atoms with Crippen LogP contribution in [0, 0.1) is 0 Å². The van der Waals surface area contributed by atoms with Gasteiger partial charge in [0.25, 0.3) is 0 Å². The van der Waals surface area contributed by atoms with Crippen molar-refractivity contribution in [3.05, 3.63) is 132 Å². The molecule has 1 atom stereocenters. The fourth-order valence-corrected chi connectivity index (χ4v) is 4.51. The van der Waals surface area contributed by atoms with Crippen LogP contribution in [-0.4, -0.2) is 24.3 Å². The first-order valence-electron chi connectivity index (χ1n) is 15.8. The van der Waals surface area contributed by atoms with Gasteiger partial charge in [0.2, 0.25) is 0 Å². The van der Waals surface area contributed by atoms with Crippen molar-refractivity contribution in [2.24, 2.45) is 0 Å². The number of H-pyrrole nitrogens is 1. The SMILES string of the molecule is CCC1COc2ccccc2O1.CCCCc1ccccc1.CCOCc1ccccc1.CCc1c[nH]c2ccccc12. The zero-order valence-corrected chi connectivity index (χ0v) is 26.4. The van der Waals surface area contributed by atoms with Crippen molar-refractivity contribution in [2.45, 2.75) is 72.5 Å². The number of hydrogen-bond acceptors (Lipinski definition) is 3. The summed E-state index contributed by atoms with van der Waals surface area (Å²) in [5.41, 5.74) is 5.35. The van der Waals surface area contributed by atoms with Crippen LogP contribution in [0.4, 0.5) is 0 Å². The van der Waals surface area contributed by atoms with Gasteiger partial charge in [0.15, 0.2) is 11.5 Å². The van der Waals surface area contributed by atoms with Crippen molar-refractivity contribution in [3.8, 4) is 11.5 Å². The van der Waals surface area contributed by atoms with Gasteiger partial charge in [-0.2, -0.15) is 0 Å². The Hall–Kier alpha value is -4.02. The summed E-state index contributed by atoms with van der Waals surface area (Å²) in [6.07, 6.45) is 8.24. The highest BCUT2D eigenvalue weighted by Crippen LogP contribution is 2.31. The lowest BCUT2D eigenvalue weighted by atomic mass is 10.1. The smallest absolute Gasteiger partial charge is 0.161 e. The van der Waals surface area contributed by atoms with Crippen LogP contribution in [0.5, 0.6) is 11.5 Å². The lowest BCUT2D eigenvalue weighted by molar-refractivity contribution is 0.0884. The molecule has 43 heavy (non-hydrogen) atoms. The number of fused-ring (bicyclic) bond motifs is 2. The van der Waals surface area contributed by atoms with Gasteiger partial charge in [-0.25, -0.2) is 0 Å². The lowest BCUT2D eigenvalue weighted by Crippen LogP contribution is -2.28. The number of aryl methyl sites for hydroxylation is 2. The van der Waals surface area contributed by atoms with Gasteiger partial charge in [0, 0.05) is 23.7 Å². The normalized spacial score (nSPS) is 13.0. The van der Waals surface area contributed by atoms with Crippen molar-refractivity contribution in [1.29, 1.82) is 0 Å². The predicted molar refractivity (Wildman–Crippen MR) is 181 cm³/mol. The first kappa shape index (κ1) is 33.5. The summed E-state index contributed by atoms with van der Waals surface area (Å²) in [4.78, 5) is 3.24. The van der Waals surface area contributed by atoms with E-state index >= 15 is 0 Å². The fourth-order valence-electron chi connectivity index (χ4n) is 4.51. The second kappa shape index (κ2) is 20.0. The highest BCUT2D eigenvalue weighted by Gasteiger charge is 2.18. The van der Waals surface area contributed by atoms with E-state index in [9.17, 15) is 0 Å². The van der Waals surface area contributed by atoms with E-state index in [0.29, 0.717) is 6.61 Å². The van der Waals surface area contributed by atoms with Gasteiger partial charge in [-0.1, -0.05) is 118 Å². The summed E-state index contributed by atoms with van der Waals surface area (Å²) in [6, 6.07) is 37.0. The van der Waals surface area contributed by atoms with E-state index in [2.05, 4.69) is 98.7 Å². The molecule has 0 aliphatic carbocycles. The van der Waals surface area contributed by atoms with Crippen LogP contribution in [0.25, 0.3) is 10.9 Å². The molecule has 1 aromatic heterocycles. The quantitative estimate of drug-likeness (QED) is 0.199. The van der Waals surface area contributed by atoms with Crippen LogP contribution in [0.1, 0.15) is 63.6 Å². The molecule has 4 aromatic carbocycles. The van der Waals surface area contributed by atoms with Crippen molar-refractivity contribution >= 4 is 10.9 Å². The van der Waals surface area contributed by atoms with Gasteiger partial charge < -0.3 is 19.2 Å². The molecule has 4 heteroatoms. The van der Waals surface area contributed by atoms with Crippen molar-refractivity contribution in [1.82, 2.24) is 4.98 Å². The molecule has 1 aliphatic heterocycles. The molecule has 4 nitrogen and oxygen atoms in total. The Bertz CT molecular complexity index is 1350. The molecule has 2 heterocycles. The van der Waals surface area contributed by atoms with Gasteiger partial charge in [-0.05, 0) is 67.5 Å². The van der Waals surface area contributed by atoms with Gasteiger partial charge in [0.05, 0.1) is 6.61 Å². The molecule has 0 fully saturated rings. The number of aromatic amines is 1. The number of ether oxygens (including phenoxy) is 3. The molecule has 6 rings (SSSR count). The third-order valence-electron chi connectivity index (χ3n) is 7.06. The van der Waals surface area contributed by atoms with Crippen LogP contribution in [0.3, 0.4) is 0 Å². The summed E-state index contributed by atoms with van der Waals surface area (Å²) in [7, 11) is 0. The molecule has 0 saturated carbocycles. The van der Waals surface area contributed by atoms with Crippen LogP contribution in [-0.2, 0) is 24.2 Å². The van der Waals surface area contributed by atoms with E-state index < -0.39 is 0 Å². The molecule has 1 N–H and O–H groups in total. The van der Waals surface area contributed by atoms with Gasteiger partial charge >= 0.3 is 0 Å². The Morgan fingerprint density at radius 1 is 0.721 bits per heavy atom. The Labute approximate surface area is 259 Å². The maximum absolute atomic E-state index is 5.66. The van der Waals surface area contributed by atoms with Crippen LogP contribution in [0.2, 0.25) is 0 Å². The summed E-state index contributed by atoms with van der Waals surface area (Å²) in [5, 5.41) is 1.36. The van der Waals surface area contributed by atoms with E-state index in [1.807, 2.05) is 49.4 Å². The van der Waals surface area contributed by atoms with E-state index in [1.165, 1.54) is 46.9 Å². The zero-order valence-electron chi connectivity index (χ0n) is 26.4. The maximum atomic E-state index is 5.66. The Morgan fingerprint density at radius 3 is 2.00 bits per heavy atom. The third-order valence-corrected chi connectivity index (χ3v) is 7.06. The second-order valence-corrected chi connectivity index (χ2v) is 10.3. The van der Waals surface area contributed by atoms with Gasteiger partial charge in [-0.15, -0.1) is 0 Å². The monoisotopic (exact) mass is 579 g/mol. The summed E-state index contributed by atoms with van der Waals surface area (Å²) >= 11 is 0. The first-order chi connectivity index (χ1) is 21.2. The molecule has 0 amide bonds. The Kier molecular flexibility index (Phi) is 15.6. The van der Waals surface area contributed by atoms with E-state index in [0.717, 1.165) is 37.6 Å². The maximum Gasteiger partial charge on any atom is 0.161 e. The molecule has 1 aliphatic rings. The fraction of sp³-hybridized carbons (Fsp3) is 0.333. The highest BCUT2D eigenvalue weighted by atomic mass is 16.6. The first-order valence-corrected chi connectivity index (χ1v) is 15.8. The Morgan fingerprint density at radius 2 is 1.35 bits per heavy atom. The molecule has 0 radical (unpaired) electrons. The van der Waals surface area contributed by atoms with Crippen molar-refractivity contribution < 1.29 is 14.2 Å². The standard InChI is InChI=1S/C10H11N.C10H12O2.C10H14.C9H12O/c1-2-8-7-11-10-6-4-3-5-9(8)10;1-2-8-7-11-9-5-3-4-6-10(9)12-8;1-2-3-7-10-8-5-4-6-9-10;1-2-10-8-9-6-4-3-5-7-9/h3-7,11H,2H2,1H3;3-6,8H,2,7H2,1H3;4-6,8-9H,2-3,7H2,1H3;3-7H,2,8H2,1H3. The number of para-hydroxylation sites is 3. The number of unbranched alkanes of at least 4 members (excludes halogenated alkanes) is 1. The second-order valence-electron chi connectivity index (χ2n) is 10.3. The van der Waals surface area contributed by atoms with E-state index in [4.69, 9.17) is 14.2 Å². The number of aromatic nitrogens is 1. The number of hydrogen-bond donors (Lipinski definition) is 1. The summed E-state index contributed by atoms with van der Waals surface area (Å²) in [5.74, 6) is 1.73. The van der Waals surface area contributed by atoms with E-state index in [-0.39, 0.29) is 6.10 Å². The molecule has 1 unspecified atom stereocenters. The molecular weight excluding hydrogens is 530 g/mol. The number of rotatable bonds is 8.